The van der Waals surface area contributed by atoms with Crippen molar-refractivity contribution in [3.05, 3.63) is 71.1 Å². The Bertz CT molecular complexity index is 945. The molecule has 3 aromatic rings. The molecule has 0 spiro atoms. The lowest BCUT2D eigenvalue weighted by Gasteiger charge is -2.08. The molecular formula is C17H13NO2S2. The Morgan fingerprint density at radius 2 is 1.73 bits per heavy atom. The van der Waals surface area contributed by atoms with Crippen LogP contribution in [0.1, 0.15) is 11.1 Å². The largest absolute Gasteiger partial charge is 0.279 e. The summed E-state index contributed by atoms with van der Waals surface area (Å²) in [6.07, 6.45) is 0.847. The lowest BCUT2D eigenvalue weighted by Crippen LogP contribution is -2.11. The van der Waals surface area contributed by atoms with E-state index < -0.39 is 10.0 Å². The molecule has 1 aromatic heterocycles. The maximum atomic E-state index is 12.3. The number of anilines is 1. The van der Waals surface area contributed by atoms with Gasteiger partial charge in [-0.15, -0.1) is 11.3 Å². The van der Waals surface area contributed by atoms with Crippen LogP contribution >= 0.6 is 11.3 Å². The van der Waals surface area contributed by atoms with E-state index in [1.165, 1.54) is 28.0 Å². The standard InChI is InChI=1S/C17H13NO2S2/c19-22(20,17-6-3-9-21-17)18-14-7-8-16-13(11-14)10-12-4-1-2-5-15(12)16/h1-9,11,18H,10H2. The molecule has 0 radical (unpaired) electrons. The van der Waals surface area contributed by atoms with E-state index in [2.05, 4.69) is 16.9 Å². The van der Waals surface area contributed by atoms with E-state index in [-0.39, 0.29) is 0 Å². The van der Waals surface area contributed by atoms with E-state index in [4.69, 9.17) is 0 Å². The van der Waals surface area contributed by atoms with Crippen molar-refractivity contribution in [2.75, 3.05) is 4.72 Å². The van der Waals surface area contributed by atoms with Gasteiger partial charge in [0.25, 0.3) is 10.0 Å². The van der Waals surface area contributed by atoms with Gasteiger partial charge in [0.1, 0.15) is 4.21 Å². The smallest absolute Gasteiger partial charge is 0.271 e. The van der Waals surface area contributed by atoms with Crippen LogP contribution < -0.4 is 4.72 Å². The minimum atomic E-state index is -3.49. The van der Waals surface area contributed by atoms with Gasteiger partial charge < -0.3 is 0 Å². The van der Waals surface area contributed by atoms with Gasteiger partial charge in [0.2, 0.25) is 0 Å². The third-order valence-corrected chi connectivity index (χ3v) is 6.58. The van der Waals surface area contributed by atoms with Gasteiger partial charge in [-0.3, -0.25) is 4.72 Å². The molecule has 0 unspecified atom stereocenters. The highest BCUT2D eigenvalue weighted by molar-refractivity contribution is 7.94. The lowest BCUT2D eigenvalue weighted by atomic mass is 10.1. The SMILES string of the molecule is O=S(=O)(Nc1ccc2c(c1)Cc1ccccc1-2)c1cccs1. The van der Waals surface area contributed by atoms with Crippen molar-refractivity contribution in [3.8, 4) is 11.1 Å². The van der Waals surface area contributed by atoms with Gasteiger partial charge >= 0.3 is 0 Å². The maximum absolute atomic E-state index is 12.3. The number of benzene rings is 2. The van der Waals surface area contributed by atoms with Crippen LogP contribution in [0.5, 0.6) is 0 Å². The Morgan fingerprint density at radius 3 is 2.55 bits per heavy atom. The zero-order valence-corrected chi connectivity index (χ0v) is 13.2. The molecule has 1 aliphatic carbocycles. The highest BCUT2D eigenvalue weighted by atomic mass is 32.2. The van der Waals surface area contributed by atoms with Crippen LogP contribution in [0.2, 0.25) is 0 Å². The molecule has 0 aliphatic heterocycles. The fourth-order valence-corrected chi connectivity index (χ4v) is 4.87. The Kier molecular flexibility index (Phi) is 3.06. The van der Waals surface area contributed by atoms with Gasteiger partial charge in [-0.05, 0) is 52.3 Å². The first kappa shape index (κ1) is 13.5. The fraction of sp³-hybridized carbons (Fsp3) is 0.0588. The first-order valence-electron chi connectivity index (χ1n) is 6.91. The molecule has 5 heteroatoms. The second-order valence-corrected chi connectivity index (χ2v) is 8.10. The normalized spacial score (nSPS) is 12.7. The molecule has 1 aliphatic rings. The van der Waals surface area contributed by atoms with Gasteiger partial charge in [0, 0.05) is 5.69 Å². The fourth-order valence-electron chi connectivity index (χ4n) is 2.83. The van der Waals surface area contributed by atoms with E-state index in [9.17, 15) is 8.42 Å². The van der Waals surface area contributed by atoms with Gasteiger partial charge in [-0.1, -0.05) is 36.4 Å². The summed E-state index contributed by atoms with van der Waals surface area (Å²) in [5.74, 6) is 0. The first-order valence-corrected chi connectivity index (χ1v) is 9.27. The van der Waals surface area contributed by atoms with Crippen LogP contribution in [-0.2, 0) is 16.4 Å². The molecule has 2 aromatic carbocycles. The van der Waals surface area contributed by atoms with Crippen molar-refractivity contribution in [1.29, 1.82) is 0 Å². The van der Waals surface area contributed by atoms with Crippen LogP contribution in [0, 0.1) is 0 Å². The van der Waals surface area contributed by atoms with E-state index in [1.807, 2.05) is 30.3 Å². The zero-order chi connectivity index (χ0) is 15.2. The predicted octanol–water partition coefficient (Wildman–Crippen LogP) is 4.12. The van der Waals surface area contributed by atoms with Crippen LogP contribution in [0.25, 0.3) is 11.1 Å². The Balaban J connectivity index is 1.68. The maximum Gasteiger partial charge on any atom is 0.271 e. The van der Waals surface area contributed by atoms with Crippen molar-refractivity contribution in [2.24, 2.45) is 0 Å². The molecule has 0 amide bonds. The number of fused-ring (bicyclic) bond motifs is 3. The Hall–Kier alpha value is -2.11. The summed E-state index contributed by atoms with van der Waals surface area (Å²) in [5, 5.41) is 1.76. The summed E-state index contributed by atoms with van der Waals surface area (Å²) in [7, 11) is -3.49. The highest BCUT2D eigenvalue weighted by Crippen LogP contribution is 2.37. The minimum absolute atomic E-state index is 0.330. The summed E-state index contributed by atoms with van der Waals surface area (Å²) < 4.78 is 27.6. The van der Waals surface area contributed by atoms with Crippen molar-refractivity contribution < 1.29 is 8.42 Å². The summed E-state index contributed by atoms with van der Waals surface area (Å²) in [5.41, 5.74) is 5.49. The van der Waals surface area contributed by atoms with Crippen LogP contribution in [0.4, 0.5) is 5.69 Å². The molecule has 22 heavy (non-hydrogen) atoms. The van der Waals surface area contributed by atoms with E-state index in [1.54, 1.807) is 17.5 Å². The van der Waals surface area contributed by atoms with Gasteiger partial charge in [-0.2, -0.15) is 0 Å². The van der Waals surface area contributed by atoms with Crippen molar-refractivity contribution in [3.63, 3.8) is 0 Å². The van der Waals surface area contributed by atoms with Crippen molar-refractivity contribution >= 4 is 27.0 Å². The van der Waals surface area contributed by atoms with Gasteiger partial charge in [0.15, 0.2) is 0 Å². The molecule has 4 rings (SSSR count). The Morgan fingerprint density at radius 1 is 0.909 bits per heavy atom. The summed E-state index contributed by atoms with van der Waals surface area (Å²) >= 11 is 1.21. The van der Waals surface area contributed by atoms with Gasteiger partial charge in [0.05, 0.1) is 0 Å². The number of rotatable bonds is 3. The number of hydrogen-bond donors (Lipinski definition) is 1. The second-order valence-electron chi connectivity index (χ2n) is 5.24. The molecule has 0 atom stereocenters. The summed E-state index contributed by atoms with van der Waals surface area (Å²) in [6, 6.07) is 17.4. The predicted molar refractivity (Wildman–Crippen MR) is 89.8 cm³/mol. The molecule has 0 bridgehead atoms. The second kappa shape index (κ2) is 4.97. The number of thiophene rings is 1. The molecule has 0 fully saturated rings. The first-order chi connectivity index (χ1) is 10.6. The molecule has 0 saturated heterocycles. The Labute approximate surface area is 133 Å². The third-order valence-electron chi connectivity index (χ3n) is 3.81. The highest BCUT2D eigenvalue weighted by Gasteiger charge is 2.20. The molecule has 0 saturated carbocycles. The third kappa shape index (κ3) is 2.23. The summed E-state index contributed by atoms with van der Waals surface area (Å²) in [4.78, 5) is 0. The number of nitrogens with one attached hydrogen (secondary N) is 1. The van der Waals surface area contributed by atoms with Crippen LogP contribution in [0.3, 0.4) is 0 Å². The monoisotopic (exact) mass is 327 g/mol. The number of hydrogen-bond acceptors (Lipinski definition) is 3. The van der Waals surface area contributed by atoms with E-state index in [0.717, 1.165) is 12.0 Å². The van der Waals surface area contributed by atoms with Crippen LogP contribution in [-0.4, -0.2) is 8.42 Å². The molecule has 3 nitrogen and oxygen atoms in total. The van der Waals surface area contributed by atoms with E-state index >= 15 is 0 Å². The topological polar surface area (TPSA) is 46.2 Å². The van der Waals surface area contributed by atoms with Crippen LogP contribution in [0.15, 0.2) is 64.2 Å². The number of sulfonamides is 1. The molecule has 110 valence electrons. The molecular weight excluding hydrogens is 314 g/mol. The lowest BCUT2D eigenvalue weighted by molar-refractivity contribution is 0.603. The average molecular weight is 327 g/mol. The van der Waals surface area contributed by atoms with E-state index in [0.29, 0.717) is 9.90 Å². The zero-order valence-electron chi connectivity index (χ0n) is 11.6. The van der Waals surface area contributed by atoms with Gasteiger partial charge in [-0.25, -0.2) is 8.42 Å². The van der Waals surface area contributed by atoms with Crippen molar-refractivity contribution in [1.82, 2.24) is 0 Å². The quantitative estimate of drug-likeness (QED) is 0.615. The summed E-state index contributed by atoms with van der Waals surface area (Å²) in [6.45, 7) is 0. The molecule has 1 N–H and O–H groups in total. The molecule has 1 heterocycles. The average Bonchev–Trinajstić information content (AvgIpc) is 3.14. The van der Waals surface area contributed by atoms with Crippen molar-refractivity contribution in [2.45, 2.75) is 10.6 Å². The minimum Gasteiger partial charge on any atom is -0.279 e.